The predicted octanol–water partition coefficient (Wildman–Crippen LogP) is -0.406. The van der Waals surface area contributed by atoms with Gasteiger partial charge >= 0.3 is 0 Å². The second-order valence-electron chi connectivity index (χ2n) is 5.41. The van der Waals surface area contributed by atoms with Gasteiger partial charge in [0.15, 0.2) is 0 Å². The monoisotopic (exact) mass is 294 g/mol. The van der Waals surface area contributed by atoms with Gasteiger partial charge in [-0.15, -0.1) is 0 Å². The van der Waals surface area contributed by atoms with Gasteiger partial charge in [-0.05, 0) is 38.3 Å². The largest absolute Gasteiger partial charge is 0.396 e. The van der Waals surface area contributed by atoms with Crippen LogP contribution in [-0.2, 0) is 0 Å². The summed E-state index contributed by atoms with van der Waals surface area (Å²) in [5, 5.41) is 11.9. The molecule has 1 aliphatic rings. The zero-order chi connectivity index (χ0) is 15.1. The van der Waals surface area contributed by atoms with E-state index in [4.69, 9.17) is 0 Å². The molecule has 7 nitrogen and oxygen atoms in total. The minimum absolute atomic E-state index is 0.181. The van der Waals surface area contributed by atoms with E-state index in [-0.39, 0.29) is 23.8 Å². The Hall–Kier alpha value is -1.73. The molecule has 0 saturated carbocycles. The Kier molecular flexibility index (Phi) is 5.89. The lowest BCUT2D eigenvalue weighted by Gasteiger charge is -2.31. The molecule has 1 atom stereocenters. The molecule has 1 aromatic rings. The summed E-state index contributed by atoms with van der Waals surface area (Å²) < 4.78 is 0. The highest BCUT2D eigenvalue weighted by Crippen LogP contribution is 2.15. The number of carbonyl (C=O) groups is 1. The molecule has 1 fully saturated rings. The van der Waals surface area contributed by atoms with Crippen molar-refractivity contribution in [3.8, 4) is 0 Å². The normalized spacial score (nSPS) is 19.4. The molecule has 1 amide bonds. The van der Waals surface area contributed by atoms with Crippen LogP contribution in [0.5, 0.6) is 0 Å². The number of nitrogens with zero attached hydrogens (tertiary/aromatic N) is 2. The Balaban J connectivity index is 1.67. The van der Waals surface area contributed by atoms with Gasteiger partial charge in [0.2, 0.25) is 0 Å². The third kappa shape index (κ3) is 4.95. The van der Waals surface area contributed by atoms with Gasteiger partial charge in [0.25, 0.3) is 11.5 Å². The van der Waals surface area contributed by atoms with E-state index >= 15 is 0 Å². The van der Waals surface area contributed by atoms with Crippen molar-refractivity contribution in [3.63, 3.8) is 0 Å². The van der Waals surface area contributed by atoms with Gasteiger partial charge in [0, 0.05) is 19.7 Å². The Bertz CT molecular complexity index is 517. The molecule has 2 heterocycles. The molecule has 1 aromatic heterocycles. The van der Waals surface area contributed by atoms with Gasteiger partial charge in [0.05, 0.1) is 12.4 Å². The Morgan fingerprint density at radius 2 is 2.38 bits per heavy atom. The maximum Gasteiger partial charge on any atom is 0.269 e. The van der Waals surface area contributed by atoms with Crippen LogP contribution in [0.25, 0.3) is 0 Å². The first kappa shape index (κ1) is 15.7. The molecule has 21 heavy (non-hydrogen) atoms. The average Bonchev–Trinajstić information content (AvgIpc) is 2.51. The number of amides is 1. The average molecular weight is 294 g/mol. The van der Waals surface area contributed by atoms with E-state index in [9.17, 15) is 14.7 Å². The molecule has 3 N–H and O–H groups in total. The zero-order valence-corrected chi connectivity index (χ0v) is 12.0. The highest BCUT2D eigenvalue weighted by molar-refractivity contribution is 5.91. The van der Waals surface area contributed by atoms with Crippen LogP contribution in [0, 0.1) is 5.92 Å². The zero-order valence-electron chi connectivity index (χ0n) is 12.0. The summed E-state index contributed by atoms with van der Waals surface area (Å²) in [4.78, 5) is 31.3. The fourth-order valence-electron chi connectivity index (χ4n) is 2.60. The maximum absolute atomic E-state index is 11.8. The first-order chi connectivity index (χ1) is 10.2. The number of piperidine rings is 1. The number of carbonyl (C=O) groups excluding carboxylic acids is 1. The van der Waals surface area contributed by atoms with E-state index in [1.54, 1.807) is 0 Å². The number of likely N-dealkylation sites (tertiary alicyclic amines) is 1. The van der Waals surface area contributed by atoms with E-state index in [1.165, 1.54) is 6.20 Å². The van der Waals surface area contributed by atoms with Gasteiger partial charge in [-0.1, -0.05) is 0 Å². The smallest absolute Gasteiger partial charge is 0.269 e. The van der Waals surface area contributed by atoms with Crippen LogP contribution >= 0.6 is 0 Å². The number of aromatic nitrogens is 2. The number of rotatable bonds is 6. The molecule has 0 unspecified atom stereocenters. The molecule has 0 spiro atoms. The molecule has 7 heteroatoms. The number of hydrogen-bond acceptors (Lipinski definition) is 5. The standard InChI is InChI=1S/C14H22N4O3/c19-10-11-3-1-5-18(9-11)6-2-4-16-14(21)12-7-15-8-13(20)17-12/h7-8,11,19H,1-6,9-10H2,(H,16,21)(H,17,20)/t11-/m0/s1. The van der Waals surface area contributed by atoms with Crippen LogP contribution in [0.1, 0.15) is 29.8 Å². The van der Waals surface area contributed by atoms with Crippen molar-refractivity contribution >= 4 is 5.91 Å². The van der Waals surface area contributed by atoms with Gasteiger partial charge in [-0.2, -0.15) is 0 Å². The van der Waals surface area contributed by atoms with Crippen molar-refractivity contribution in [1.82, 2.24) is 20.2 Å². The summed E-state index contributed by atoms with van der Waals surface area (Å²) in [7, 11) is 0. The molecule has 116 valence electrons. The van der Waals surface area contributed by atoms with Gasteiger partial charge in [-0.3, -0.25) is 14.6 Å². The lowest BCUT2D eigenvalue weighted by Crippen LogP contribution is -2.38. The summed E-state index contributed by atoms with van der Waals surface area (Å²) >= 11 is 0. The fourth-order valence-corrected chi connectivity index (χ4v) is 2.60. The lowest BCUT2D eigenvalue weighted by molar-refractivity contribution is 0.0941. The Labute approximate surface area is 123 Å². The molecule has 0 radical (unpaired) electrons. The summed E-state index contributed by atoms with van der Waals surface area (Å²) in [5.74, 6) is 0.0703. The van der Waals surface area contributed by atoms with Crippen LogP contribution in [0.2, 0.25) is 0 Å². The van der Waals surface area contributed by atoms with E-state index < -0.39 is 0 Å². The number of H-pyrrole nitrogens is 1. The molecular weight excluding hydrogens is 272 g/mol. The summed E-state index contributed by atoms with van der Waals surface area (Å²) in [6.45, 7) is 3.69. The van der Waals surface area contributed by atoms with E-state index in [2.05, 4.69) is 20.2 Å². The number of aliphatic hydroxyl groups excluding tert-OH is 1. The lowest BCUT2D eigenvalue weighted by atomic mass is 9.99. The predicted molar refractivity (Wildman–Crippen MR) is 78.1 cm³/mol. The Morgan fingerprint density at radius 3 is 3.14 bits per heavy atom. The van der Waals surface area contributed by atoms with Crippen LogP contribution in [0.15, 0.2) is 17.2 Å². The molecule has 0 bridgehead atoms. The van der Waals surface area contributed by atoms with Crippen molar-refractivity contribution in [1.29, 1.82) is 0 Å². The fraction of sp³-hybridized carbons (Fsp3) is 0.643. The minimum Gasteiger partial charge on any atom is -0.396 e. The summed E-state index contributed by atoms with van der Waals surface area (Å²) in [5.41, 5.74) is -0.202. The number of nitrogens with one attached hydrogen (secondary N) is 2. The van der Waals surface area contributed by atoms with Crippen LogP contribution < -0.4 is 10.9 Å². The van der Waals surface area contributed by atoms with Crippen molar-refractivity contribution in [2.75, 3.05) is 32.8 Å². The SMILES string of the molecule is O=C(NCCCN1CCC[C@H](CO)C1)c1cncc(=O)[nH]1. The molecule has 2 rings (SSSR count). The number of aliphatic hydroxyl groups is 1. The highest BCUT2D eigenvalue weighted by atomic mass is 16.3. The summed E-state index contributed by atoms with van der Waals surface area (Å²) in [6, 6.07) is 0. The van der Waals surface area contributed by atoms with Gasteiger partial charge in [-0.25, -0.2) is 0 Å². The van der Waals surface area contributed by atoms with E-state index in [1.807, 2.05) is 0 Å². The van der Waals surface area contributed by atoms with Crippen molar-refractivity contribution in [2.24, 2.45) is 5.92 Å². The second-order valence-corrected chi connectivity index (χ2v) is 5.41. The first-order valence-corrected chi connectivity index (χ1v) is 7.35. The summed E-state index contributed by atoms with van der Waals surface area (Å²) in [6.07, 6.45) is 5.53. The molecule has 0 aromatic carbocycles. The Morgan fingerprint density at radius 1 is 1.52 bits per heavy atom. The van der Waals surface area contributed by atoms with Gasteiger partial charge < -0.3 is 20.3 Å². The van der Waals surface area contributed by atoms with E-state index in [0.717, 1.165) is 45.1 Å². The van der Waals surface area contributed by atoms with E-state index in [0.29, 0.717) is 12.5 Å². The van der Waals surface area contributed by atoms with Crippen LogP contribution in [0.3, 0.4) is 0 Å². The second kappa shape index (κ2) is 7.90. The molecule has 0 aliphatic carbocycles. The number of hydrogen-bond donors (Lipinski definition) is 3. The van der Waals surface area contributed by atoms with Crippen LogP contribution in [0.4, 0.5) is 0 Å². The van der Waals surface area contributed by atoms with Crippen molar-refractivity contribution in [2.45, 2.75) is 19.3 Å². The molecule has 1 saturated heterocycles. The highest BCUT2D eigenvalue weighted by Gasteiger charge is 2.18. The molecule has 1 aliphatic heterocycles. The third-order valence-corrected chi connectivity index (χ3v) is 3.70. The minimum atomic E-state index is -0.383. The van der Waals surface area contributed by atoms with Gasteiger partial charge in [0.1, 0.15) is 5.69 Å². The molecular formula is C14H22N4O3. The third-order valence-electron chi connectivity index (χ3n) is 3.70. The van der Waals surface area contributed by atoms with Crippen molar-refractivity contribution < 1.29 is 9.90 Å². The quantitative estimate of drug-likeness (QED) is 0.620. The maximum atomic E-state index is 11.8. The first-order valence-electron chi connectivity index (χ1n) is 7.35. The van der Waals surface area contributed by atoms with Crippen LogP contribution in [-0.4, -0.2) is 58.7 Å². The number of aromatic amines is 1. The van der Waals surface area contributed by atoms with Crippen molar-refractivity contribution in [3.05, 3.63) is 28.4 Å². The topological polar surface area (TPSA) is 98.3 Å².